The first-order valence-electron chi connectivity index (χ1n) is 10.00. The van der Waals surface area contributed by atoms with Crippen LogP contribution >= 0.6 is 0 Å². The molecule has 1 unspecified atom stereocenters. The van der Waals surface area contributed by atoms with Crippen LogP contribution in [0.3, 0.4) is 0 Å². The topological polar surface area (TPSA) is 78.9 Å². The molecule has 0 amide bonds. The molecular weight excluding hydrogens is 404 g/mol. The van der Waals surface area contributed by atoms with E-state index in [-0.39, 0.29) is 17.9 Å². The molecule has 1 atom stereocenters. The van der Waals surface area contributed by atoms with Crippen LogP contribution in [-0.4, -0.2) is 26.8 Å². The van der Waals surface area contributed by atoms with E-state index in [0.29, 0.717) is 17.2 Å². The molecule has 2 aromatic carbocycles. The van der Waals surface area contributed by atoms with Gasteiger partial charge in [-0.1, -0.05) is 44.2 Å². The van der Waals surface area contributed by atoms with Gasteiger partial charge in [0.2, 0.25) is 0 Å². The van der Waals surface area contributed by atoms with Crippen LogP contribution in [0.4, 0.5) is 4.79 Å². The van der Waals surface area contributed by atoms with Crippen molar-refractivity contribution < 1.29 is 26.9 Å². The van der Waals surface area contributed by atoms with Crippen LogP contribution in [0, 0.1) is 0 Å². The molecule has 30 heavy (non-hydrogen) atoms. The standard InChI is InChI=1S/C23H30O6S/c1-6-17(2)18-11-13-20(14-12-18)30(25,26)27-16-15-19-9-7-8-10-21(19)28-22(24)29-23(3,4)5/h7-14,17H,6,15-16H2,1-5H3. The molecule has 0 spiro atoms. The molecule has 0 N–H and O–H groups in total. The zero-order chi connectivity index (χ0) is 22.4. The summed E-state index contributed by atoms with van der Waals surface area (Å²) in [6, 6.07) is 13.6. The SMILES string of the molecule is CCC(C)c1ccc(S(=O)(=O)OCCc2ccccc2OC(=O)OC(C)(C)C)cc1. The third-order valence-electron chi connectivity index (χ3n) is 4.52. The van der Waals surface area contributed by atoms with Gasteiger partial charge in [-0.3, -0.25) is 4.18 Å². The Morgan fingerprint density at radius 2 is 1.67 bits per heavy atom. The Morgan fingerprint density at radius 3 is 2.27 bits per heavy atom. The van der Waals surface area contributed by atoms with E-state index in [4.69, 9.17) is 13.7 Å². The molecular formula is C23H30O6S. The smallest absolute Gasteiger partial charge is 0.428 e. The highest BCUT2D eigenvalue weighted by atomic mass is 32.2. The van der Waals surface area contributed by atoms with Gasteiger partial charge < -0.3 is 9.47 Å². The largest absolute Gasteiger partial charge is 0.514 e. The molecule has 0 saturated heterocycles. The maximum absolute atomic E-state index is 12.5. The number of carbonyl (C=O) groups excluding carboxylic acids is 1. The van der Waals surface area contributed by atoms with E-state index >= 15 is 0 Å². The summed E-state index contributed by atoms with van der Waals surface area (Å²) in [6.45, 7) is 9.33. The summed E-state index contributed by atoms with van der Waals surface area (Å²) in [5.74, 6) is 0.676. The third-order valence-corrected chi connectivity index (χ3v) is 5.84. The molecule has 0 aliphatic rings. The van der Waals surface area contributed by atoms with Gasteiger partial charge in [0.15, 0.2) is 0 Å². The van der Waals surface area contributed by atoms with Crippen molar-refractivity contribution in [1.82, 2.24) is 0 Å². The fourth-order valence-corrected chi connectivity index (χ4v) is 3.61. The van der Waals surface area contributed by atoms with Gasteiger partial charge in [0.05, 0.1) is 11.5 Å². The Kier molecular flexibility index (Phi) is 8.03. The summed E-state index contributed by atoms with van der Waals surface area (Å²) in [7, 11) is -3.87. The van der Waals surface area contributed by atoms with Gasteiger partial charge in [-0.2, -0.15) is 8.42 Å². The number of rotatable bonds is 8. The minimum Gasteiger partial charge on any atom is -0.428 e. The van der Waals surface area contributed by atoms with Gasteiger partial charge >= 0.3 is 6.16 Å². The van der Waals surface area contributed by atoms with Crippen LogP contribution in [0.5, 0.6) is 5.75 Å². The van der Waals surface area contributed by atoms with Gasteiger partial charge in [0.1, 0.15) is 11.4 Å². The predicted molar refractivity (Wildman–Crippen MR) is 115 cm³/mol. The molecule has 7 heteroatoms. The summed E-state index contributed by atoms with van der Waals surface area (Å²) >= 11 is 0. The lowest BCUT2D eigenvalue weighted by atomic mass is 9.99. The van der Waals surface area contributed by atoms with Crippen molar-refractivity contribution in [3.63, 3.8) is 0 Å². The first-order chi connectivity index (χ1) is 14.0. The van der Waals surface area contributed by atoms with E-state index in [1.54, 1.807) is 57.2 Å². The minimum absolute atomic E-state index is 0.0792. The van der Waals surface area contributed by atoms with Crippen LogP contribution < -0.4 is 4.74 Å². The molecule has 0 aromatic heterocycles. The number of hydrogen-bond donors (Lipinski definition) is 0. The second-order valence-corrected chi connectivity index (χ2v) is 9.69. The summed E-state index contributed by atoms with van der Waals surface area (Å²) in [4.78, 5) is 12.0. The van der Waals surface area contributed by atoms with Gasteiger partial charge in [0.25, 0.3) is 10.1 Å². The van der Waals surface area contributed by atoms with E-state index in [0.717, 1.165) is 12.0 Å². The molecule has 0 aliphatic heterocycles. The highest BCUT2D eigenvalue weighted by Crippen LogP contribution is 2.23. The van der Waals surface area contributed by atoms with E-state index in [1.807, 2.05) is 12.1 Å². The summed E-state index contributed by atoms with van der Waals surface area (Å²) in [5.41, 5.74) is 1.06. The lowest BCUT2D eigenvalue weighted by Gasteiger charge is -2.19. The fourth-order valence-electron chi connectivity index (χ4n) is 2.70. The zero-order valence-electron chi connectivity index (χ0n) is 18.2. The molecule has 6 nitrogen and oxygen atoms in total. The van der Waals surface area contributed by atoms with Crippen LogP contribution in [0.1, 0.15) is 58.1 Å². The first kappa shape index (κ1) is 23.9. The summed E-state index contributed by atoms with van der Waals surface area (Å²) in [5, 5.41) is 0. The van der Waals surface area contributed by atoms with Crippen LogP contribution in [0.15, 0.2) is 53.4 Å². The van der Waals surface area contributed by atoms with E-state index in [9.17, 15) is 13.2 Å². The van der Waals surface area contributed by atoms with Crippen molar-refractivity contribution in [1.29, 1.82) is 0 Å². The molecule has 0 fully saturated rings. The lowest BCUT2D eigenvalue weighted by Crippen LogP contribution is -2.26. The Labute approximate surface area is 179 Å². The number of para-hydroxylation sites is 1. The van der Waals surface area contributed by atoms with E-state index in [2.05, 4.69) is 13.8 Å². The maximum atomic E-state index is 12.5. The highest BCUT2D eigenvalue weighted by molar-refractivity contribution is 7.86. The average Bonchev–Trinajstić information content (AvgIpc) is 2.67. The van der Waals surface area contributed by atoms with Crippen molar-refractivity contribution >= 4 is 16.3 Å². The van der Waals surface area contributed by atoms with E-state index < -0.39 is 21.9 Å². The van der Waals surface area contributed by atoms with Crippen molar-refractivity contribution in [2.45, 2.75) is 63.9 Å². The number of hydrogen-bond acceptors (Lipinski definition) is 6. The average molecular weight is 435 g/mol. The number of carbonyl (C=O) groups is 1. The van der Waals surface area contributed by atoms with Crippen LogP contribution in [0.25, 0.3) is 0 Å². The minimum atomic E-state index is -3.87. The molecule has 0 radical (unpaired) electrons. The lowest BCUT2D eigenvalue weighted by molar-refractivity contribution is 0.0204. The second-order valence-electron chi connectivity index (χ2n) is 8.08. The summed E-state index contributed by atoms with van der Waals surface area (Å²) < 4.78 is 40.5. The zero-order valence-corrected chi connectivity index (χ0v) is 19.0. The molecule has 2 rings (SSSR count). The third kappa shape index (κ3) is 7.15. The Bertz CT molecular complexity index is 942. The quantitative estimate of drug-likeness (QED) is 0.312. The van der Waals surface area contributed by atoms with Gasteiger partial charge in [-0.15, -0.1) is 0 Å². The second kappa shape index (κ2) is 10.1. The normalized spacial score (nSPS) is 13.0. The molecule has 0 bridgehead atoms. The van der Waals surface area contributed by atoms with Crippen molar-refractivity contribution in [3.8, 4) is 5.75 Å². The van der Waals surface area contributed by atoms with Crippen molar-refractivity contribution in [2.75, 3.05) is 6.61 Å². The number of benzene rings is 2. The van der Waals surface area contributed by atoms with Gasteiger partial charge in [0, 0.05) is 6.42 Å². The van der Waals surface area contributed by atoms with Gasteiger partial charge in [-0.05, 0) is 62.4 Å². The Hall–Kier alpha value is -2.38. The fraction of sp³-hybridized carbons (Fsp3) is 0.435. The highest BCUT2D eigenvalue weighted by Gasteiger charge is 2.20. The monoisotopic (exact) mass is 434 g/mol. The molecule has 0 saturated carbocycles. The molecule has 164 valence electrons. The molecule has 0 heterocycles. The Balaban J connectivity index is 2.00. The van der Waals surface area contributed by atoms with Crippen molar-refractivity contribution in [3.05, 3.63) is 59.7 Å². The predicted octanol–water partition coefficient (Wildman–Crippen LogP) is 5.46. The van der Waals surface area contributed by atoms with E-state index in [1.165, 1.54) is 0 Å². The van der Waals surface area contributed by atoms with Crippen LogP contribution in [-0.2, 0) is 25.5 Å². The van der Waals surface area contributed by atoms with Gasteiger partial charge in [-0.25, -0.2) is 4.79 Å². The molecule has 0 aliphatic carbocycles. The number of ether oxygens (including phenoxy) is 2. The summed E-state index contributed by atoms with van der Waals surface area (Å²) in [6.07, 6.45) is 0.418. The Morgan fingerprint density at radius 1 is 1.03 bits per heavy atom. The maximum Gasteiger partial charge on any atom is 0.514 e. The van der Waals surface area contributed by atoms with Crippen LogP contribution in [0.2, 0.25) is 0 Å². The van der Waals surface area contributed by atoms with Crippen molar-refractivity contribution in [2.24, 2.45) is 0 Å². The first-order valence-corrected chi connectivity index (χ1v) is 11.4. The molecule has 2 aromatic rings.